The number of carbonyl (C=O) groups is 1. The lowest BCUT2D eigenvalue weighted by Gasteiger charge is -2.19. The van der Waals surface area contributed by atoms with Crippen LogP contribution in [0.25, 0.3) is 0 Å². The van der Waals surface area contributed by atoms with Gasteiger partial charge in [-0.05, 0) is 31.0 Å². The van der Waals surface area contributed by atoms with Crippen molar-refractivity contribution in [3.63, 3.8) is 0 Å². The first-order chi connectivity index (χ1) is 12.8. The van der Waals surface area contributed by atoms with Gasteiger partial charge in [-0.1, -0.05) is 11.6 Å². The van der Waals surface area contributed by atoms with Crippen molar-refractivity contribution in [1.82, 2.24) is 0 Å². The minimum atomic E-state index is -1.84. The van der Waals surface area contributed by atoms with E-state index in [-0.39, 0.29) is 5.69 Å². The maximum atomic E-state index is 14.0. The van der Waals surface area contributed by atoms with Crippen LogP contribution in [0.4, 0.5) is 28.9 Å². The van der Waals surface area contributed by atoms with Crippen LogP contribution in [0.15, 0.2) is 18.2 Å². The molecule has 0 spiro atoms. The van der Waals surface area contributed by atoms with Gasteiger partial charge in [0.2, 0.25) is 11.6 Å². The molecule has 1 heterocycles. The number of anilines is 2. The Bertz CT molecular complexity index is 872. The lowest BCUT2D eigenvalue weighted by atomic mass is 10.1. The molecule has 0 aromatic heterocycles. The fourth-order valence-corrected chi connectivity index (χ4v) is 3.28. The maximum Gasteiger partial charge on any atom is 0.261 e. The van der Waals surface area contributed by atoms with Gasteiger partial charge in [0.25, 0.3) is 5.91 Å². The Morgan fingerprint density at radius 1 is 1.07 bits per heavy atom. The average Bonchev–Trinajstić information content (AvgIpc) is 3.15. The van der Waals surface area contributed by atoms with Gasteiger partial charge in [0.05, 0.1) is 17.8 Å². The quantitative estimate of drug-likeness (QED) is 0.592. The number of hydrogen-bond acceptors (Lipinski definition) is 3. The molecule has 0 atom stereocenters. The molecular weight excluding hydrogens is 388 g/mol. The van der Waals surface area contributed by atoms with Crippen LogP contribution >= 0.6 is 11.6 Å². The monoisotopic (exact) mass is 402 g/mol. The predicted molar refractivity (Wildman–Crippen MR) is 93.7 cm³/mol. The summed E-state index contributed by atoms with van der Waals surface area (Å²) in [7, 11) is 0.851. The second kappa shape index (κ2) is 7.64. The molecule has 9 heteroatoms. The molecule has 27 heavy (non-hydrogen) atoms. The van der Waals surface area contributed by atoms with Crippen LogP contribution in [0.3, 0.4) is 0 Å². The smallest absolute Gasteiger partial charge is 0.261 e. The van der Waals surface area contributed by atoms with Crippen molar-refractivity contribution >= 4 is 28.9 Å². The molecule has 0 radical (unpaired) electrons. The zero-order valence-corrected chi connectivity index (χ0v) is 15.0. The van der Waals surface area contributed by atoms with Gasteiger partial charge < -0.3 is 15.0 Å². The molecule has 1 aliphatic heterocycles. The van der Waals surface area contributed by atoms with Gasteiger partial charge in [0.15, 0.2) is 17.4 Å². The van der Waals surface area contributed by atoms with Gasteiger partial charge in [0, 0.05) is 18.8 Å². The highest BCUT2D eigenvalue weighted by Crippen LogP contribution is 2.33. The molecule has 1 aliphatic rings. The number of nitrogens with one attached hydrogen (secondary N) is 1. The summed E-state index contributed by atoms with van der Waals surface area (Å²) in [6.45, 7) is 1.71. The Labute approximate surface area is 157 Å². The number of halogens is 5. The maximum absolute atomic E-state index is 14.0. The van der Waals surface area contributed by atoms with Gasteiger partial charge in [-0.15, -0.1) is 0 Å². The van der Waals surface area contributed by atoms with E-state index in [0.29, 0.717) is 5.02 Å². The van der Waals surface area contributed by atoms with E-state index in [1.54, 1.807) is 6.07 Å². The van der Waals surface area contributed by atoms with E-state index in [1.165, 1.54) is 12.1 Å². The summed E-state index contributed by atoms with van der Waals surface area (Å²) in [6.07, 6.45) is 2.09. The summed E-state index contributed by atoms with van der Waals surface area (Å²) in [6, 6.07) is 4.55. The fraction of sp³-hybridized carbons (Fsp3) is 0.278. The molecular formula is C18H15ClF4N2O2. The molecule has 2 aromatic carbocycles. The molecule has 4 nitrogen and oxygen atoms in total. The van der Waals surface area contributed by atoms with Crippen LogP contribution in [0.1, 0.15) is 23.2 Å². The molecule has 2 aromatic rings. The number of benzene rings is 2. The number of nitrogens with zero attached hydrogens (tertiary/aromatic N) is 1. The Morgan fingerprint density at radius 3 is 2.19 bits per heavy atom. The molecule has 0 saturated carbocycles. The minimum absolute atomic E-state index is 0.128. The molecule has 1 fully saturated rings. The number of carbonyl (C=O) groups excluding carboxylic acids is 1. The SMILES string of the molecule is COc1c(F)c(F)c(C(=O)Nc2ccc(N3CCCC3)c(Cl)c2)c(F)c1F. The Morgan fingerprint density at radius 2 is 1.67 bits per heavy atom. The molecule has 0 unspecified atom stereocenters. The van der Waals surface area contributed by atoms with Crippen molar-refractivity contribution in [3.05, 3.63) is 52.1 Å². The summed E-state index contributed by atoms with van der Waals surface area (Å²) in [5.74, 6) is -9.85. The number of methoxy groups -OCH3 is 1. The molecule has 144 valence electrons. The Kier molecular flexibility index (Phi) is 5.46. The first-order valence-electron chi connectivity index (χ1n) is 8.11. The van der Waals surface area contributed by atoms with Crippen LogP contribution in [-0.4, -0.2) is 26.1 Å². The van der Waals surface area contributed by atoms with Crippen LogP contribution in [0, 0.1) is 23.3 Å². The number of rotatable bonds is 4. The second-order valence-electron chi connectivity index (χ2n) is 5.98. The van der Waals surface area contributed by atoms with Gasteiger partial charge in [-0.25, -0.2) is 8.78 Å². The standard InChI is InChI=1S/C18H15ClF4N2O2/c1-27-17-15(22)13(20)12(14(21)16(17)23)18(26)24-9-4-5-11(10(19)8-9)25-6-2-3-7-25/h4-5,8H,2-3,6-7H2,1H3,(H,24,26). The third-order valence-electron chi connectivity index (χ3n) is 4.31. The normalized spacial score (nSPS) is 13.8. The first-order valence-corrected chi connectivity index (χ1v) is 8.48. The lowest BCUT2D eigenvalue weighted by molar-refractivity contribution is 0.101. The van der Waals surface area contributed by atoms with E-state index >= 15 is 0 Å². The Balaban J connectivity index is 1.89. The van der Waals surface area contributed by atoms with E-state index in [1.807, 2.05) is 0 Å². The van der Waals surface area contributed by atoms with Crippen molar-refractivity contribution in [3.8, 4) is 5.75 Å². The van der Waals surface area contributed by atoms with Crippen LogP contribution in [0.5, 0.6) is 5.75 Å². The number of hydrogen-bond donors (Lipinski definition) is 1. The fourth-order valence-electron chi connectivity index (χ4n) is 2.98. The highest BCUT2D eigenvalue weighted by atomic mass is 35.5. The zero-order valence-electron chi connectivity index (χ0n) is 14.2. The summed E-state index contributed by atoms with van der Waals surface area (Å²) >= 11 is 6.21. The van der Waals surface area contributed by atoms with Crippen molar-refractivity contribution in [2.75, 3.05) is 30.4 Å². The lowest BCUT2D eigenvalue weighted by Crippen LogP contribution is -2.20. The highest BCUT2D eigenvalue weighted by Gasteiger charge is 2.30. The van der Waals surface area contributed by atoms with Gasteiger partial charge in [-0.2, -0.15) is 8.78 Å². The third-order valence-corrected chi connectivity index (χ3v) is 4.61. The van der Waals surface area contributed by atoms with Crippen LogP contribution in [0.2, 0.25) is 5.02 Å². The summed E-state index contributed by atoms with van der Waals surface area (Å²) in [5, 5.41) is 2.53. The largest absolute Gasteiger partial charge is 0.491 e. The molecule has 1 amide bonds. The topological polar surface area (TPSA) is 41.6 Å². The van der Waals surface area contributed by atoms with Crippen molar-refractivity contribution < 1.29 is 27.1 Å². The minimum Gasteiger partial charge on any atom is -0.491 e. The molecule has 3 rings (SSSR count). The average molecular weight is 403 g/mol. The zero-order chi connectivity index (χ0) is 19.7. The van der Waals surface area contributed by atoms with E-state index in [0.717, 1.165) is 38.7 Å². The second-order valence-corrected chi connectivity index (χ2v) is 6.39. The van der Waals surface area contributed by atoms with Crippen molar-refractivity contribution in [2.24, 2.45) is 0 Å². The Hall–Kier alpha value is -2.48. The molecule has 1 saturated heterocycles. The van der Waals surface area contributed by atoms with Gasteiger partial charge in [-0.3, -0.25) is 4.79 Å². The van der Waals surface area contributed by atoms with Crippen molar-refractivity contribution in [1.29, 1.82) is 0 Å². The van der Waals surface area contributed by atoms with Crippen molar-refractivity contribution in [2.45, 2.75) is 12.8 Å². The summed E-state index contributed by atoms with van der Waals surface area (Å²) in [4.78, 5) is 14.3. The molecule has 0 aliphatic carbocycles. The highest BCUT2D eigenvalue weighted by molar-refractivity contribution is 6.33. The first kappa shape index (κ1) is 19.3. The van der Waals surface area contributed by atoms with E-state index in [2.05, 4.69) is 15.0 Å². The van der Waals surface area contributed by atoms with E-state index in [9.17, 15) is 22.4 Å². The van der Waals surface area contributed by atoms with Crippen LogP contribution in [-0.2, 0) is 0 Å². The molecule has 0 bridgehead atoms. The van der Waals surface area contributed by atoms with E-state index < -0.39 is 40.5 Å². The predicted octanol–water partition coefficient (Wildman–Crippen LogP) is 4.76. The number of amides is 1. The van der Waals surface area contributed by atoms with Crippen LogP contribution < -0.4 is 15.0 Å². The summed E-state index contributed by atoms with van der Waals surface area (Å²) in [5.41, 5.74) is -0.486. The van der Waals surface area contributed by atoms with Gasteiger partial charge in [0.1, 0.15) is 5.56 Å². The molecule has 1 N–H and O–H groups in total. The van der Waals surface area contributed by atoms with Gasteiger partial charge >= 0.3 is 0 Å². The summed E-state index contributed by atoms with van der Waals surface area (Å²) < 4.78 is 59.9. The number of ether oxygens (including phenoxy) is 1. The third kappa shape index (κ3) is 3.53. The van der Waals surface area contributed by atoms with E-state index in [4.69, 9.17) is 11.6 Å².